The Morgan fingerprint density at radius 2 is 1.03 bits per heavy atom. The van der Waals surface area contributed by atoms with Crippen molar-refractivity contribution >= 4 is 11.9 Å². The predicted molar refractivity (Wildman–Crippen MR) is 117 cm³/mol. The first-order chi connectivity index (χ1) is 15.3. The van der Waals surface area contributed by atoms with E-state index in [0.717, 1.165) is 49.9 Å². The first-order valence-electron chi connectivity index (χ1n) is 9.85. The summed E-state index contributed by atoms with van der Waals surface area (Å²) in [4.78, 5) is 20.4. The van der Waals surface area contributed by atoms with E-state index in [9.17, 15) is 18.4 Å². The predicted octanol–water partition coefficient (Wildman–Crippen LogP) is 6.19. The van der Waals surface area contributed by atoms with E-state index in [2.05, 4.69) is 36.5 Å². The van der Waals surface area contributed by atoms with Gasteiger partial charge in [0.1, 0.15) is 11.6 Å². The molecule has 0 amide bonds. The molecule has 2 aromatic carbocycles. The Morgan fingerprint density at radius 1 is 0.697 bits per heavy atom. The molecule has 7 heteroatoms. The summed E-state index contributed by atoms with van der Waals surface area (Å²) in [5, 5.41) is 16.7. The number of halogens is 2. The van der Waals surface area contributed by atoms with Crippen LogP contribution in [0.25, 0.3) is 0 Å². The van der Waals surface area contributed by atoms with Gasteiger partial charge in [0.05, 0.1) is 11.1 Å². The van der Waals surface area contributed by atoms with Gasteiger partial charge in [-0.2, -0.15) is 12.2 Å². The van der Waals surface area contributed by atoms with Crippen molar-refractivity contribution < 1.29 is 50.3 Å². The first-order valence-corrected chi connectivity index (χ1v) is 9.85. The van der Waals surface area contributed by atoms with Gasteiger partial charge in [-0.1, -0.05) is 12.8 Å². The standard InChI is InChI=1S/C12H12.2C7H5FO2.Ti/c1-2-6-11(5-1)9-10-12-7-3-4-8-12;2*8-6-3-1-5(2-4-6)7(9)10;/h1,3,5,7H,2,4,9-10H2;2*1-4H,(H,9,10);/q-2;;;+2. The van der Waals surface area contributed by atoms with Crippen LogP contribution in [0, 0.1) is 23.8 Å². The molecule has 0 fully saturated rings. The third kappa shape index (κ3) is 10.9. The minimum atomic E-state index is -1.04. The van der Waals surface area contributed by atoms with Crippen LogP contribution in [0.4, 0.5) is 8.78 Å². The van der Waals surface area contributed by atoms with E-state index >= 15 is 0 Å². The summed E-state index contributed by atoms with van der Waals surface area (Å²) in [6.45, 7) is 0. The van der Waals surface area contributed by atoms with E-state index in [1.54, 1.807) is 0 Å². The normalized spacial score (nSPS) is 12.9. The Hall–Kier alpha value is -3.09. The molecule has 168 valence electrons. The maximum Gasteiger partial charge on any atom is 2.00 e. The Labute approximate surface area is 206 Å². The SMILES string of the molecule is O=C(O)c1ccc(F)cc1.O=C(O)c1ccc(F)cc1.[C-]1=C(CCC2=[C-]CC=C2)C=CC1.[Ti+2]. The molecule has 2 aliphatic carbocycles. The molecule has 0 atom stereocenters. The number of carboxylic acid groups (broad SMARTS) is 2. The Bertz CT molecular complexity index is 951. The summed E-state index contributed by atoms with van der Waals surface area (Å²) in [5.41, 5.74) is 2.93. The zero-order valence-corrected chi connectivity index (χ0v) is 19.3. The van der Waals surface area contributed by atoms with E-state index in [0.29, 0.717) is 0 Å². The van der Waals surface area contributed by atoms with Crippen LogP contribution in [-0.2, 0) is 21.7 Å². The summed E-state index contributed by atoms with van der Waals surface area (Å²) in [6, 6.07) is 9.34. The fourth-order valence-electron chi connectivity index (χ4n) is 2.70. The molecule has 0 bridgehead atoms. The second kappa shape index (κ2) is 14.9. The van der Waals surface area contributed by atoms with Gasteiger partial charge in [0.25, 0.3) is 0 Å². The van der Waals surface area contributed by atoms with Crippen LogP contribution in [0.5, 0.6) is 0 Å². The third-order valence-electron chi connectivity index (χ3n) is 4.38. The zero-order chi connectivity index (χ0) is 23.3. The van der Waals surface area contributed by atoms with Gasteiger partial charge in [0.15, 0.2) is 0 Å². The smallest absolute Gasteiger partial charge is 0.478 e. The van der Waals surface area contributed by atoms with Gasteiger partial charge >= 0.3 is 33.7 Å². The molecule has 0 radical (unpaired) electrons. The van der Waals surface area contributed by atoms with Gasteiger partial charge in [0, 0.05) is 0 Å². The fraction of sp³-hybridized carbons (Fsp3) is 0.154. The van der Waals surface area contributed by atoms with Crippen molar-refractivity contribution in [2.75, 3.05) is 0 Å². The van der Waals surface area contributed by atoms with E-state index in [-0.39, 0.29) is 32.8 Å². The molecule has 2 N–H and O–H groups in total. The van der Waals surface area contributed by atoms with Crippen LogP contribution in [0.1, 0.15) is 46.4 Å². The van der Waals surface area contributed by atoms with Crippen molar-refractivity contribution in [1.82, 2.24) is 0 Å². The Kier molecular flexibility index (Phi) is 12.6. The number of rotatable bonds is 5. The summed E-state index contributed by atoms with van der Waals surface area (Å²) < 4.78 is 24.3. The molecule has 0 saturated carbocycles. The minimum Gasteiger partial charge on any atom is -0.478 e. The van der Waals surface area contributed by atoms with Crippen molar-refractivity contribution in [1.29, 1.82) is 0 Å². The summed E-state index contributed by atoms with van der Waals surface area (Å²) in [7, 11) is 0. The van der Waals surface area contributed by atoms with Crippen LogP contribution >= 0.6 is 0 Å². The van der Waals surface area contributed by atoms with Crippen LogP contribution in [0.2, 0.25) is 0 Å². The molecule has 4 rings (SSSR count). The van der Waals surface area contributed by atoms with Crippen molar-refractivity contribution in [2.24, 2.45) is 0 Å². The number of hydrogen-bond acceptors (Lipinski definition) is 2. The molecule has 2 aliphatic rings. The second-order valence-corrected chi connectivity index (χ2v) is 6.74. The first kappa shape index (κ1) is 27.9. The maximum absolute atomic E-state index is 12.2. The van der Waals surface area contributed by atoms with Crippen molar-refractivity contribution in [2.45, 2.75) is 25.7 Å². The molecule has 0 heterocycles. The number of aromatic carboxylic acids is 2. The average molecular weight is 484 g/mol. The van der Waals surface area contributed by atoms with Gasteiger partial charge in [-0.15, -0.1) is 12.8 Å². The number of carbonyl (C=O) groups is 2. The largest absolute Gasteiger partial charge is 2.00 e. The molecule has 0 aromatic heterocycles. The van der Waals surface area contributed by atoms with E-state index in [1.165, 1.54) is 35.4 Å². The second-order valence-electron chi connectivity index (χ2n) is 6.74. The molecule has 0 saturated heterocycles. The van der Waals surface area contributed by atoms with Crippen molar-refractivity contribution in [3.63, 3.8) is 0 Å². The summed E-state index contributed by atoms with van der Waals surface area (Å²) in [5.74, 6) is -2.94. The van der Waals surface area contributed by atoms with Crippen molar-refractivity contribution in [3.05, 3.63) is 119 Å². The topological polar surface area (TPSA) is 74.6 Å². The van der Waals surface area contributed by atoms with Gasteiger partial charge < -0.3 is 10.2 Å². The van der Waals surface area contributed by atoms with Gasteiger partial charge in [0.2, 0.25) is 0 Å². The van der Waals surface area contributed by atoms with E-state index < -0.39 is 23.6 Å². The molecular formula is C26H22F2O4Ti. The number of carboxylic acids is 2. The van der Waals surface area contributed by atoms with Crippen LogP contribution in [0.15, 0.2) is 84.0 Å². The summed E-state index contributed by atoms with van der Waals surface area (Å²) >= 11 is 0. The Morgan fingerprint density at radius 3 is 1.27 bits per heavy atom. The summed E-state index contributed by atoms with van der Waals surface area (Å²) in [6.07, 6.45) is 19.6. The van der Waals surface area contributed by atoms with E-state index in [1.807, 2.05) is 0 Å². The molecule has 2 aromatic rings. The molecule has 4 nitrogen and oxygen atoms in total. The minimum absolute atomic E-state index is 0. The van der Waals surface area contributed by atoms with Gasteiger partial charge in [-0.05, 0) is 48.5 Å². The fourth-order valence-corrected chi connectivity index (χ4v) is 2.70. The number of allylic oxidation sites excluding steroid dienone is 8. The third-order valence-corrected chi connectivity index (χ3v) is 4.38. The van der Waals surface area contributed by atoms with Crippen LogP contribution in [0.3, 0.4) is 0 Å². The quantitative estimate of drug-likeness (QED) is 0.392. The molecule has 0 unspecified atom stereocenters. The molecular weight excluding hydrogens is 462 g/mol. The average Bonchev–Trinajstić information content (AvgIpc) is 3.48. The molecule has 0 spiro atoms. The number of hydrogen-bond donors (Lipinski definition) is 2. The number of benzene rings is 2. The Balaban J connectivity index is 0.000000246. The van der Waals surface area contributed by atoms with Gasteiger partial charge in [-0.25, -0.2) is 41.7 Å². The van der Waals surface area contributed by atoms with E-state index in [4.69, 9.17) is 10.2 Å². The molecule has 0 aliphatic heterocycles. The maximum atomic E-state index is 12.2. The van der Waals surface area contributed by atoms with Crippen LogP contribution in [-0.4, -0.2) is 22.2 Å². The van der Waals surface area contributed by atoms with Gasteiger partial charge in [-0.3, -0.25) is 12.2 Å². The monoisotopic (exact) mass is 484 g/mol. The molecule has 33 heavy (non-hydrogen) atoms. The van der Waals surface area contributed by atoms with Crippen LogP contribution < -0.4 is 0 Å². The van der Waals surface area contributed by atoms with Crippen molar-refractivity contribution in [3.8, 4) is 0 Å². The zero-order valence-electron chi connectivity index (χ0n) is 17.7.